The largest absolute Gasteiger partial charge is 0.388 e. The number of aliphatic hydroxyl groups excluding tert-OH is 1. The average Bonchev–Trinajstić information content (AvgIpc) is 2.24. The zero-order chi connectivity index (χ0) is 12.0. The van der Waals surface area contributed by atoms with Gasteiger partial charge in [-0.05, 0) is 46.7 Å². The van der Waals surface area contributed by atoms with Gasteiger partial charge in [0.1, 0.15) is 5.82 Å². The van der Waals surface area contributed by atoms with E-state index in [0.717, 1.165) is 28.4 Å². The monoisotopic (exact) mass is 336 g/mol. The van der Waals surface area contributed by atoms with Crippen LogP contribution < -0.4 is 0 Å². The molecule has 0 fully saturated rings. The average molecular weight is 336 g/mol. The molecule has 0 aliphatic carbocycles. The summed E-state index contributed by atoms with van der Waals surface area (Å²) in [5.41, 5.74) is 0.846. The zero-order valence-corrected chi connectivity index (χ0v) is 11.7. The van der Waals surface area contributed by atoms with Crippen molar-refractivity contribution in [3.8, 4) is 0 Å². The summed E-state index contributed by atoms with van der Waals surface area (Å²) < 4.78 is 13.7. The van der Waals surface area contributed by atoms with E-state index in [2.05, 4.69) is 29.5 Å². The van der Waals surface area contributed by atoms with E-state index in [1.807, 2.05) is 0 Å². The van der Waals surface area contributed by atoms with E-state index >= 15 is 0 Å². The molecule has 0 bridgehead atoms. The first-order valence-corrected chi connectivity index (χ1v) is 6.86. The Hall–Kier alpha value is -0.160. The molecule has 1 atom stereocenters. The minimum Gasteiger partial charge on any atom is -0.388 e. The first-order chi connectivity index (χ1) is 7.65. The third kappa shape index (κ3) is 4.37. The highest BCUT2D eigenvalue weighted by atomic mass is 127. The van der Waals surface area contributed by atoms with Gasteiger partial charge in [0, 0.05) is 3.57 Å². The zero-order valence-electron chi connectivity index (χ0n) is 9.55. The maximum Gasteiger partial charge on any atom is 0.124 e. The molecule has 0 aromatic heterocycles. The second-order valence-electron chi connectivity index (χ2n) is 4.03. The summed E-state index contributed by atoms with van der Waals surface area (Å²) in [5, 5.41) is 9.96. The molecule has 1 nitrogen and oxygen atoms in total. The summed E-state index contributed by atoms with van der Waals surface area (Å²) in [6, 6.07) is 4.56. The Kier molecular flexibility index (Phi) is 6.28. The van der Waals surface area contributed by atoms with E-state index in [0.29, 0.717) is 0 Å². The van der Waals surface area contributed by atoms with Crippen LogP contribution in [0.5, 0.6) is 0 Å². The third-order valence-electron chi connectivity index (χ3n) is 2.65. The highest BCUT2D eigenvalue weighted by Gasteiger charge is 2.11. The maximum atomic E-state index is 12.9. The van der Waals surface area contributed by atoms with Crippen molar-refractivity contribution in [2.45, 2.75) is 45.1 Å². The van der Waals surface area contributed by atoms with Crippen LogP contribution in [0, 0.1) is 9.39 Å². The minimum atomic E-state index is -0.454. The molecule has 0 aliphatic heterocycles. The minimum absolute atomic E-state index is 0.244. The van der Waals surface area contributed by atoms with Crippen molar-refractivity contribution < 1.29 is 9.50 Å². The van der Waals surface area contributed by atoms with Crippen LogP contribution in [0.15, 0.2) is 18.2 Å². The lowest BCUT2D eigenvalue weighted by atomic mass is 10.0. The lowest BCUT2D eigenvalue weighted by molar-refractivity contribution is 0.162. The van der Waals surface area contributed by atoms with Gasteiger partial charge in [0.25, 0.3) is 0 Å². The van der Waals surface area contributed by atoms with Crippen molar-refractivity contribution >= 4 is 22.6 Å². The molecule has 1 aromatic carbocycles. The fourth-order valence-electron chi connectivity index (χ4n) is 1.69. The second-order valence-corrected chi connectivity index (χ2v) is 5.19. The molecule has 1 rings (SSSR count). The molecule has 0 aliphatic rings. The van der Waals surface area contributed by atoms with Gasteiger partial charge >= 0.3 is 0 Å². The fourth-order valence-corrected chi connectivity index (χ4v) is 2.53. The summed E-state index contributed by atoms with van der Waals surface area (Å²) >= 11 is 2.07. The van der Waals surface area contributed by atoms with E-state index < -0.39 is 6.10 Å². The molecule has 1 aromatic rings. The predicted molar refractivity (Wildman–Crippen MR) is 72.8 cm³/mol. The van der Waals surface area contributed by atoms with Crippen LogP contribution in [0.2, 0.25) is 0 Å². The van der Waals surface area contributed by atoms with Crippen LogP contribution >= 0.6 is 22.6 Å². The molecule has 1 unspecified atom stereocenters. The Morgan fingerprint density at radius 3 is 2.69 bits per heavy atom. The van der Waals surface area contributed by atoms with E-state index in [1.165, 1.54) is 25.0 Å². The molecule has 90 valence electrons. The Labute approximate surface area is 110 Å². The van der Waals surface area contributed by atoms with Gasteiger partial charge in [-0.2, -0.15) is 0 Å². The van der Waals surface area contributed by atoms with Gasteiger partial charge < -0.3 is 5.11 Å². The SMILES string of the molecule is CCCCCCC(O)c1ccc(F)cc1I. The predicted octanol–water partition coefficient (Wildman–Crippen LogP) is 4.43. The summed E-state index contributed by atoms with van der Waals surface area (Å²) in [6.07, 6.45) is 4.91. The van der Waals surface area contributed by atoms with Crippen LogP contribution in [-0.4, -0.2) is 5.11 Å². The number of hydrogen-bond donors (Lipinski definition) is 1. The van der Waals surface area contributed by atoms with Gasteiger partial charge in [-0.1, -0.05) is 38.7 Å². The maximum absolute atomic E-state index is 12.9. The quantitative estimate of drug-likeness (QED) is 0.602. The van der Waals surface area contributed by atoms with Gasteiger partial charge in [-0.15, -0.1) is 0 Å². The summed E-state index contributed by atoms with van der Waals surface area (Å²) in [6.45, 7) is 2.17. The number of benzene rings is 1. The first kappa shape index (κ1) is 13.9. The summed E-state index contributed by atoms with van der Waals surface area (Å²) in [7, 11) is 0. The van der Waals surface area contributed by atoms with Gasteiger partial charge in [0.15, 0.2) is 0 Å². The Balaban J connectivity index is 2.49. The standard InChI is InChI=1S/C13H18FIO/c1-2-3-4-5-6-13(16)11-8-7-10(14)9-12(11)15/h7-9,13,16H,2-6H2,1H3. The second kappa shape index (κ2) is 7.22. The van der Waals surface area contributed by atoms with Crippen molar-refractivity contribution in [2.75, 3.05) is 0 Å². The van der Waals surface area contributed by atoms with Crippen molar-refractivity contribution in [2.24, 2.45) is 0 Å². The molecule has 0 amide bonds. The van der Waals surface area contributed by atoms with Gasteiger partial charge in [-0.3, -0.25) is 0 Å². The lowest BCUT2D eigenvalue weighted by Crippen LogP contribution is -2.00. The van der Waals surface area contributed by atoms with Crippen molar-refractivity contribution in [3.63, 3.8) is 0 Å². The van der Waals surface area contributed by atoms with E-state index in [4.69, 9.17) is 0 Å². The molecule has 0 saturated carbocycles. The summed E-state index contributed by atoms with van der Waals surface area (Å²) in [4.78, 5) is 0. The smallest absolute Gasteiger partial charge is 0.124 e. The molecule has 1 N–H and O–H groups in total. The molecule has 0 saturated heterocycles. The number of unbranched alkanes of at least 4 members (excludes halogenated alkanes) is 3. The van der Waals surface area contributed by atoms with E-state index in [1.54, 1.807) is 6.07 Å². The molecule has 3 heteroatoms. The van der Waals surface area contributed by atoms with Gasteiger partial charge in [-0.25, -0.2) is 4.39 Å². The van der Waals surface area contributed by atoms with Crippen molar-refractivity contribution in [1.29, 1.82) is 0 Å². The van der Waals surface area contributed by atoms with Crippen LogP contribution in [-0.2, 0) is 0 Å². The highest BCUT2D eigenvalue weighted by molar-refractivity contribution is 14.1. The van der Waals surface area contributed by atoms with Crippen LogP contribution in [0.25, 0.3) is 0 Å². The normalized spacial score (nSPS) is 12.8. The molecule has 0 radical (unpaired) electrons. The van der Waals surface area contributed by atoms with Crippen LogP contribution in [0.3, 0.4) is 0 Å². The molecular weight excluding hydrogens is 318 g/mol. The van der Waals surface area contributed by atoms with Crippen LogP contribution in [0.4, 0.5) is 4.39 Å². The van der Waals surface area contributed by atoms with E-state index in [-0.39, 0.29) is 5.82 Å². The van der Waals surface area contributed by atoms with Crippen molar-refractivity contribution in [1.82, 2.24) is 0 Å². The molecule has 0 heterocycles. The Morgan fingerprint density at radius 1 is 1.31 bits per heavy atom. The molecule has 16 heavy (non-hydrogen) atoms. The molecular formula is C13H18FIO. The first-order valence-electron chi connectivity index (χ1n) is 5.78. The number of halogens is 2. The summed E-state index contributed by atoms with van der Waals surface area (Å²) in [5.74, 6) is -0.244. The Morgan fingerprint density at radius 2 is 2.06 bits per heavy atom. The van der Waals surface area contributed by atoms with Gasteiger partial charge in [0.05, 0.1) is 6.10 Å². The van der Waals surface area contributed by atoms with E-state index in [9.17, 15) is 9.50 Å². The van der Waals surface area contributed by atoms with Crippen LogP contribution in [0.1, 0.15) is 50.7 Å². The van der Waals surface area contributed by atoms with Gasteiger partial charge in [0.2, 0.25) is 0 Å². The number of aliphatic hydroxyl groups is 1. The number of hydrogen-bond acceptors (Lipinski definition) is 1. The Bertz CT molecular complexity index is 328. The third-order valence-corrected chi connectivity index (χ3v) is 3.59. The van der Waals surface area contributed by atoms with Crippen molar-refractivity contribution in [3.05, 3.63) is 33.1 Å². The fraction of sp³-hybridized carbons (Fsp3) is 0.538. The number of rotatable bonds is 6. The highest BCUT2D eigenvalue weighted by Crippen LogP contribution is 2.25. The lowest BCUT2D eigenvalue weighted by Gasteiger charge is -2.12. The topological polar surface area (TPSA) is 20.2 Å². The molecule has 0 spiro atoms.